The molecule has 0 unspecified atom stereocenters. The van der Waals surface area contributed by atoms with Gasteiger partial charge in [0.1, 0.15) is 12.4 Å². The number of carbonyl (C=O) groups is 1. The third-order valence-corrected chi connectivity index (χ3v) is 3.37. The number of nitrogens with one attached hydrogen (secondary N) is 1. The molecule has 0 fully saturated rings. The number of rotatable bonds is 5. The van der Waals surface area contributed by atoms with Crippen LogP contribution in [0.2, 0.25) is 0 Å². The average Bonchev–Trinajstić information content (AvgIpc) is 2.45. The summed E-state index contributed by atoms with van der Waals surface area (Å²) < 4.78 is 6.27. The average molecular weight is 335 g/mol. The van der Waals surface area contributed by atoms with E-state index in [0.29, 0.717) is 30.2 Å². The molecule has 2 aromatic rings. The number of nitrogens with two attached hydrogens (primary N) is 1. The molecule has 5 heteroatoms. The van der Waals surface area contributed by atoms with Gasteiger partial charge in [-0.25, -0.2) is 0 Å². The van der Waals surface area contributed by atoms with Crippen molar-refractivity contribution in [2.45, 2.75) is 0 Å². The van der Waals surface area contributed by atoms with Gasteiger partial charge in [0.2, 0.25) is 0 Å². The molecule has 0 aliphatic carbocycles. The summed E-state index contributed by atoms with van der Waals surface area (Å²) in [6.45, 7) is 0.777. The Bertz CT molecular complexity index is 602. The number of carbonyl (C=O) groups excluding carboxylic acids is 1. The number of halogens is 1. The molecule has 0 heterocycles. The van der Waals surface area contributed by atoms with Crippen molar-refractivity contribution in [2.75, 3.05) is 18.9 Å². The minimum Gasteiger partial charge on any atom is -0.490 e. The number of hydrogen-bond donors (Lipinski definition) is 2. The zero-order valence-electron chi connectivity index (χ0n) is 10.8. The Morgan fingerprint density at radius 2 is 1.85 bits per heavy atom. The molecule has 0 spiro atoms. The molecule has 20 heavy (non-hydrogen) atoms. The van der Waals surface area contributed by atoms with Gasteiger partial charge < -0.3 is 15.8 Å². The first kappa shape index (κ1) is 14.4. The molecular formula is C15H15BrN2O2. The highest BCUT2D eigenvalue weighted by molar-refractivity contribution is 9.10. The summed E-state index contributed by atoms with van der Waals surface area (Å²) >= 11 is 3.34. The Balaban J connectivity index is 1.81. The van der Waals surface area contributed by atoms with Crippen molar-refractivity contribution in [3.05, 3.63) is 58.6 Å². The molecule has 0 atom stereocenters. The van der Waals surface area contributed by atoms with Crippen LogP contribution in [0.15, 0.2) is 53.0 Å². The Morgan fingerprint density at radius 1 is 1.15 bits per heavy atom. The maximum absolute atomic E-state index is 11.9. The second-order valence-electron chi connectivity index (χ2n) is 4.12. The van der Waals surface area contributed by atoms with Crippen LogP contribution >= 0.6 is 15.9 Å². The van der Waals surface area contributed by atoms with Crippen molar-refractivity contribution < 1.29 is 9.53 Å². The monoisotopic (exact) mass is 334 g/mol. The lowest BCUT2D eigenvalue weighted by atomic mass is 10.2. The summed E-state index contributed by atoms with van der Waals surface area (Å²) in [6.07, 6.45) is 0. The van der Waals surface area contributed by atoms with E-state index < -0.39 is 0 Å². The van der Waals surface area contributed by atoms with Crippen LogP contribution < -0.4 is 15.8 Å². The van der Waals surface area contributed by atoms with Crippen molar-refractivity contribution in [3.8, 4) is 5.75 Å². The number of anilines is 1. The summed E-state index contributed by atoms with van der Waals surface area (Å²) in [4.78, 5) is 11.9. The van der Waals surface area contributed by atoms with Crippen LogP contribution in [0.4, 0.5) is 5.69 Å². The van der Waals surface area contributed by atoms with E-state index in [0.717, 1.165) is 4.47 Å². The number of amides is 1. The Morgan fingerprint density at radius 3 is 2.60 bits per heavy atom. The fraction of sp³-hybridized carbons (Fsp3) is 0.133. The first-order chi connectivity index (χ1) is 9.68. The quantitative estimate of drug-likeness (QED) is 0.652. The van der Waals surface area contributed by atoms with Crippen molar-refractivity contribution in [2.24, 2.45) is 0 Å². The number of nitrogen functional groups attached to an aromatic ring is 1. The zero-order valence-corrected chi connectivity index (χ0v) is 12.4. The van der Waals surface area contributed by atoms with Gasteiger partial charge in [0, 0.05) is 4.47 Å². The summed E-state index contributed by atoms with van der Waals surface area (Å²) in [5.41, 5.74) is 6.95. The van der Waals surface area contributed by atoms with E-state index in [1.807, 2.05) is 30.3 Å². The van der Waals surface area contributed by atoms with E-state index in [4.69, 9.17) is 10.5 Å². The molecule has 0 saturated carbocycles. The molecule has 1 amide bonds. The van der Waals surface area contributed by atoms with Crippen LogP contribution in [0.3, 0.4) is 0 Å². The summed E-state index contributed by atoms with van der Waals surface area (Å²) in [6, 6.07) is 14.5. The predicted molar refractivity (Wildman–Crippen MR) is 82.8 cm³/mol. The third kappa shape index (κ3) is 3.74. The fourth-order valence-corrected chi connectivity index (χ4v) is 2.14. The molecule has 4 nitrogen and oxygen atoms in total. The maximum Gasteiger partial charge on any atom is 0.252 e. The largest absolute Gasteiger partial charge is 0.490 e. The van der Waals surface area contributed by atoms with Gasteiger partial charge >= 0.3 is 0 Å². The van der Waals surface area contributed by atoms with Crippen LogP contribution in [0.5, 0.6) is 5.75 Å². The third-order valence-electron chi connectivity index (χ3n) is 2.68. The number of ether oxygens (including phenoxy) is 1. The molecule has 0 bridgehead atoms. The van der Waals surface area contributed by atoms with E-state index in [1.54, 1.807) is 18.2 Å². The highest BCUT2D eigenvalue weighted by Crippen LogP contribution is 2.19. The molecule has 0 radical (unpaired) electrons. The summed E-state index contributed by atoms with van der Waals surface area (Å²) in [7, 11) is 0. The van der Waals surface area contributed by atoms with Crippen LogP contribution in [-0.2, 0) is 0 Å². The normalized spacial score (nSPS) is 10.1. The smallest absolute Gasteiger partial charge is 0.252 e. The van der Waals surface area contributed by atoms with Crippen LogP contribution in [-0.4, -0.2) is 19.1 Å². The van der Waals surface area contributed by atoms with Gasteiger partial charge in [-0.3, -0.25) is 4.79 Å². The Kier molecular flexibility index (Phi) is 5.01. The lowest BCUT2D eigenvalue weighted by Crippen LogP contribution is -2.28. The van der Waals surface area contributed by atoms with Gasteiger partial charge in [-0.05, 0) is 40.2 Å². The molecule has 2 aromatic carbocycles. The van der Waals surface area contributed by atoms with Crippen LogP contribution in [0, 0.1) is 0 Å². The highest BCUT2D eigenvalue weighted by Gasteiger charge is 2.08. The van der Waals surface area contributed by atoms with Crippen LogP contribution in [0.25, 0.3) is 0 Å². The van der Waals surface area contributed by atoms with Crippen molar-refractivity contribution in [1.29, 1.82) is 0 Å². The zero-order chi connectivity index (χ0) is 14.4. The van der Waals surface area contributed by atoms with Crippen molar-refractivity contribution in [3.63, 3.8) is 0 Å². The van der Waals surface area contributed by atoms with Gasteiger partial charge in [0.05, 0.1) is 17.8 Å². The predicted octanol–water partition coefficient (Wildman–Crippen LogP) is 2.84. The highest BCUT2D eigenvalue weighted by atomic mass is 79.9. The number of benzene rings is 2. The van der Waals surface area contributed by atoms with E-state index in [9.17, 15) is 4.79 Å². The maximum atomic E-state index is 11.9. The molecular weight excluding hydrogens is 320 g/mol. The second kappa shape index (κ2) is 6.96. The minimum atomic E-state index is -0.137. The van der Waals surface area contributed by atoms with Gasteiger partial charge in [0.15, 0.2) is 0 Å². The SMILES string of the molecule is Nc1ccccc1OCCNC(=O)c1ccccc1Br. The molecule has 0 saturated heterocycles. The Labute approximate surface area is 126 Å². The lowest BCUT2D eigenvalue weighted by Gasteiger charge is -2.10. The summed E-state index contributed by atoms with van der Waals surface area (Å²) in [5, 5.41) is 2.79. The molecule has 2 rings (SSSR count). The van der Waals surface area contributed by atoms with Gasteiger partial charge in [-0.1, -0.05) is 24.3 Å². The van der Waals surface area contributed by atoms with E-state index in [-0.39, 0.29) is 5.91 Å². The van der Waals surface area contributed by atoms with E-state index in [2.05, 4.69) is 21.2 Å². The molecule has 3 N–H and O–H groups in total. The first-order valence-electron chi connectivity index (χ1n) is 6.18. The molecule has 104 valence electrons. The standard InChI is InChI=1S/C15H15BrN2O2/c16-12-6-2-1-5-11(12)15(19)18-9-10-20-14-8-4-3-7-13(14)17/h1-8H,9-10,17H2,(H,18,19). The topological polar surface area (TPSA) is 64.3 Å². The fourth-order valence-electron chi connectivity index (χ4n) is 1.68. The van der Waals surface area contributed by atoms with Crippen molar-refractivity contribution >= 4 is 27.5 Å². The number of para-hydroxylation sites is 2. The van der Waals surface area contributed by atoms with Gasteiger partial charge in [0.25, 0.3) is 5.91 Å². The summed E-state index contributed by atoms with van der Waals surface area (Å²) in [5.74, 6) is 0.491. The molecule has 0 aromatic heterocycles. The minimum absolute atomic E-state index is 0.137. The van der Waals surface area contributed by atoms with Crippen LogP contribution in [0.1, 0.15) is 10.4 Å². The molecule has 0 aliphatic heterocycles. The Hall–Kier alpha value is -2.01. The number of hydrogen-bond acceptors (Lipinski definition) is 3. The molecule has 0 aliphatic rings. The second-order valence-corrected chi connectivity index (χ2v) is 4.98. The van der Waals surface area contributed by atoms with Gasteiger partial charge in [-0.15, -0.1) is 0 Å². The lowest BCUT2D eigenvalue weighted by molar-refractivity contribution is 0.0946. The van der Waals surface area contributed by atoms with E-state index >= 15 is 0 Å². The van der Waals surface area contributed by atoms with Gasteiger partial charge in [-0.2, -0.15) is 0 Å². The first-order valence-corrected chi connectivity index (χ1v) is 6.98. The van der Waals surface area contributed by atoms with E-state index in [1.165, 1.54) is 0 Å². The van der Waals surface area contributed by atoms with Crippen molar-refractivity contribution in [1.82, 2.24) is 5.32 Å².